The van der Waals surface area contributed by atoms with Gasteiger partial charge in [-0.2, -0.15) is 5.10 Å². The summed E-state index contributed by atoms with van der Waals surface area (Å²) < 4.78 is 4.85. The Kier molecular flexibility index (Phi) is 5.32. The number of H-pyrrole nitrogens is 1. The number of hydrogen-bond donors (Lipinski definition) is 1. The second kappa shape index (κ2) is 7.20. The van der Waals surface area contributed by atoms with Gasteiger partial charge in [-0.05, 0) is 11.1 Å². The van der Waals surface area contributed by atoms with Crippen molar-refractivity contribution < 1.29 is 14.5 Å². The van der Waals surface area contributed by atoms with Crippen LogP contribution in [0.3, 0.4) is 0 Å². The Morgan fingerprint density at radius 2 is 2.10 bits per heavy atom. The summed E-state index contributed by atoms with van der Waals surface area (Å²) in [6.45, 7) is -0.549. The van der Waals surface area contributed by atoms with E-state index in [4.69, 9.17) is 15.8 Å². The van der Waals surface area contributed by atoms with E-state index in [-0.39, 0.29) is 13.1 Å². The van der Waals surface area contributed by atoms with Crippen LogP contribution in [0.25, 0.3) is 20.9 Å². The van der Waals surface area contributed by atoms with Crippen LogP contribution in [0.2, 0.25) is 0 Å². The predicted octanol–water partition coefficient (Wildman–Crippen LogP) is 1.46. The van der Waals surface area contributed by atoms with Crippen molar-refractivity contribution in [3.63, 3.8) is 0 Å². The molecule has 20 heavy (non-hydrogen) atoms. The van der Waals surface area contributed by atoms with Gasteiger partial charge < -0.3 is 4.74 Å². The van der Waals surface area contributed by atoms with E-state index in [2.05, 4.69) is 30.2 Å². The lowest BCUT2D eigenvalue weighted by Gasteiger charge is -2.12. The van der Waals surface area contributed by atoms with Crippen molar-refractivity contribution in [2.45, 2.75) is 6.10 Å². The van der Waals surface area contributed by atoms with Crippen molar-refractivity contribution in [1.82, 2.24) is 10.2 Å². The smallest absolute Gasteiger partial charge is 0.363 e. The normalized spacial score (nSPS) is 10.8. The van der Waals surface area contributed by atoms with Crippen molar-refractivity contribution in [2.24, 2.45) is 10.2 Å². The molecular weight excluding hydrogens is 274 g/mol. The number of nitrogens with zero attached hydrogens (tertiary/aromatic N) is 8. The molecule has 1 rings (SSSR count). The summed E-state index contributed by atoms with van der Waals surface area (Å²) >= 11 is 0. The van der Waals surface area contributed by atoms with E-state index >= 15 is 0 Å². The van der Waals surface area contributed by atoms with Crippen LogP contribution in [0.1, 0.15) is 10.5 Å². The van der Waals surface area contributed by atoms with Gasteiger partial charge in [0.15, 0.2) is 0 Å². The van der Waals surface area contributed by atoms with Crippen molar-refractivity contribution >= 4 is 11.7 Å². The van der Waals surface area contributed by atoms with Crippen LogP contribution >= 0.6 is 0 Å². The quantitative estimate of drug-likeness (QED) is 0.197. The molecule has 0 aliphatic carbocycles. The molecule has 0 radical (unpaired) electrons. The van der Waals surface area contributed by atoms with Gasteiger partial charge in [-0.3, -0.25) is 15.2 Å². The molecule has 0 spiro atoms. The SMILES string of the molecule is [N-]=[N+]=NCC(CN=[N+]=[N-])OC(=O)c1[nH]ncc1[N+](=O)[O-]. The summed E-state index contributed by atoms with van der Waals surface area (Å²) in [5.41, 5.74) is 15.4. The average Bonchev–Trinajstić information content (AvgIpc) is 2.91. The standard InChI is InChI=1S/C7H7N9O4/c8-14-11-1-4(2-12-15-9)20-7(17)6-5(16(18)19)3-10-13-6/h3-4H,1-2H2,(H,10,13). The van der Waals surface area contributed by atoms with E-state index in [0.29, 0.717) is 0 Å². The molecule has 1 heterocycles. The summed E-state index contributed by atoms with van der Waals surface area (Å²) in [5, 5.41) is 22.5. The first kappa shape index (κ1) is 14.8. The number of ether oxygens (including phenoxy) is 1. The minimum Gasteiger partial charge on any atom is -0.457 e. The number of carbonyl (C=O) groups excluding carboxylic acids is 1. The number of carbonyl (C=O) groups is 1. The monoisotopic (exact) mass is 281 g/mol. The third kappa shape index (κ3) is 3.87. The summed E-state index contributed by atoms with van der Waals surface area (Å²) in [6.07, 6.45) is -0.177. The van der Waals surface area contributed by atoms with Crippen molar-refractivity contribution in [1.29, 1.82) is 0 Å². The van der Waals surface area contributed by atoms with Gasteiger partial charge in [0.25, 0.3) is 0 Å². The molecule has 13 heteroatoms. The van der Waals surface area contributed by atoms with Crippen LogP contribution in [0.15, 0.2) is 16.4 Å². The Morgan fingerprint density at radius 1 is 1.50 bits per heavy atom. The summed E-state index contributed by atoms with van der Waals surface area (Å²) in [7, 11) is 0. The third-order valence-corrected chi connectivity index (χ3v) is 1.99. The number of esters is 1. The van der Waals surface area contributed by atoms with Crippen LogP contribution in [0.5, 0.6) is 0 Å². The zero-order valence-corrected chi connectivity index (χ0v) is 9.78. The molecule has 0 atom stereocenters. The Bertz CT molecular complexity index is 577. The molecule has 0 saturated carbocycles. The van der Waals surface area contributed by atoms with E-state index in [1.54, 1.807) is 0 Å². The van der Waals surface area contributed by atoms with Gasteiger partial charge in [-0.1, -0.05) is 10.2 Å². The highest BCUT2D eigenvalue weighted by molar-refractivity contribution is 5.91. The summed E-state index contributed by atoms with van der Waals surface area (Å²) in [6, 6.07) is 0. The van der Waals surface area contributed by atoms with Crippen LogP contribution in [0, 0.1) is 10.1 Å². The molecule has 0 saturated heterocycles. The van der Waals surface area contributed by atoms with Gasteiger partial charge in [0, 0.05) is 9.82 Å². The Balaban J connectivity index is 2.83. The fraction of sp³-hybridized carbons (Fsp3) is 0.429. The maximum absolute atomic E-state index is 11.7. The molecule has 0 aliphatic heterocycles. The van der Waals surface area contributed by atoms with Gasteiger partial charge >= 0.3 is 11.7 Å². The van der Waals surface area contributed by atoms with Crippen molar-refractivity contribution in [2.75, 3.05) is 13.1 Å². The lowest BCUT2D eigenvalue weighted by atomic mass is 10.3. The van der Waals surface area contributed by atoms with E-state index in [1.807, 2.05) is 0 Å². The topological polar surface area (TPSA) is 196 Å². The molecule has 104 valence electrons. The molecule has 1 aromatic heterocycles. The van der Waals surface area contributed by atoms with E-state index in [9.17, 15) is 14.9 Å². The van der Waals surface area contributed by atoms with Gasteiger partial charge in [-0.25, -0.2) is 4.79 Å². The molecule has 0 amide bonds. The lowest BCUT2D eigenvalue weighted by molar-refractivity contribution is -0.385. The van der Waals surface area contributed by atoms with Crippen molar-refractivity contribution in [3.05, 3.63) is 42.9 Å². The predicted molar refractivity (Wildman–Crippen MR) is 62.5 cm³/mol. The minimum atomic E-state index is -1.07. The molecular formula is C7H7N9O4. The number of hydrogen-bond acceptors (Lipinski definition) is 7. The summed E-state index contributed by atoms with van der Waals surface area (Å²) in [5.74, 6) is -1.07. The fourth-order valence-electron chi connectivity index (χ4n) is 1.17. The van der Waals surface area contributed by atoms with Gasteiger partial charge in [0.2, 0.25) is 5.69 Å². The highest BCUT2D eigenvalue weighted by atomic mass is 16.6. The second-order valence-electron chi connectivity index (χ2n) is 3.24. The maximum atomic E-state index is 11.7. The molecule has 1 N–H and O–H groups in total. The highest BCUT2D eigenvalue weighted by Gasteiger charge is 2.26. The fourth-order valence-corrected chi connectivity index (χ4v) is 1.17. The Hall–Kier alpha value is -3.30. The van der Waals surface area contributed by atoms with Gasteiger partial charge in [0.1, 0.15) is 12.3 Å². The third-order valence-electron chi connectivity index (χ3n) is 1.99. The van der Waals surface area contributed by atoms with Gasteiger partial charge in [-0.15, -0.1) is 0 Å². The van der Waals surface area contributed by atoms with Gasteiger partial charge in [0.05, 0.1) is 18.0 Å². The maximum Gasteiger partial charge on any atom is 0.363 e. The molecule has 13 nitrogen and oxygen atoms in total. The number of nitro groups is 1. The molecule has 1 aromatic rings. The van der Waals surface area contributed by atoms with Crippen LogP contribution in [0.4, 0.5) is 5.69 Å². The number of azide groups is 2. The number of nitrogens with one attached hydrogen (secondary N) is 1. The highest BCUT2D eigenvalue weighted by Crippen LogP contribution is 2.16. The van der Waals surface area contributed by atoms with E-state index in [1.165, 1.54) is 0 Å². The summed E-state index contributed by atoms with van der Waals surface area (Å²) in [4.78, 5) is 26.5. The van der Waals surface area contributed by atoms with Crippen LogP contribution in [-0.2, 0) is 4.74 Å². The number of rotatable bonds is 7. The average molecular weight is 281 g/mol. The first-order valence-electron chi connectivity index (χ1n) is 5.00. The Labute approximate surface area is 109 Å². The van der Waals surface area contributed by atoms with Crippen LogP contribution < -0.4 is 0 Å². The Morgan fingerprint density at radius 3 is 2.60 bits per heavy atom. The van der Waals surface area contributed by atoms with E-state index in [0.717, 1.165) is 6.20 Å². The number of aromatic amines is 1. The lowest BCUT2D eigenvalue weighted by Crippen LogP contribution is -2.24. The molecule has 0 bridgehead atoms. The molecule has 0 unspecified atom stereocenters. The van der Waals surface area contributed by atoms with Crippen molar-refractivity contribution in [3.8, 4) is 0 Å². The first-order valence-corrected chi connectivity index (χ1v) is 5.00. The van der Waals surface area contributed by atoms with Crippen LogP contribution in [-0.4, -0.2) is 40.3 Å². The first-order chi connectivity index (χ1) is 9.60. The molecule has 0 aliphatic rings. The second-order valence-corrected chi connectivity index (χ2v) is 3.24. The molecule has 0 fully saturated rings. The van der Waals surface area contributed by atoms with E-state index < -0.39 is 28.4 Å². The zero-order chi connectivity index (χ0) is 15.0. The largest absolute Gasteiger partial charge is 0.457 e. The minimum absolute atomic E-state index is 0.275. The number of aromatic nitrogens is 2. The molecule has 0 aromatic carbocycles. The zero-order valence-electron chi connectivity index (χ0n) is 9.78.